The van der Waals surface area contributed by atoms with Gasteiger partial charge in [-0.25, -0.2) is 4.79 Å². The van der Waals surface area contributed by atoms with Crippen molar-refractivity contribution in [1.29, 1.82) is 0 Å². The lowest BCUT2D eigenvalue weighted by molar-refractivity contribution is 0.0600. The average Bonchev–Trinajstić information content (AvgIpc) is 2.87. The minimum Gasteiger partial charge on any atom is -0.465 e. The number of methoxy groups -OCH3 is 1. The van der Waals surface area contributed by atoms with E-state index in [2.05, 4.69) is 31.7 Å². The van der Waals surface area contributed by atoms with Crippen LogP contribution in [-0.2, 0) is 11.2 Å². The maximum absolute atomic E-state index is 11.6. The molecule has 1 saturated heterocycles. The van der Waals surface area contributed by atoms with Gasteiger partial charge in [0.05, 0.1) is 12.7 Å². The summed E-state index contributed by atoms with van der Waals surface area (Å²) in [6.07, 6.45) is 6.87. The molecule has 0 aliphatic carbocycles. The molecule has 1 aromatic rings. The van der Waals surface area contributed by atoms with Crippen LogP contribution in [-0.4, -0.2) is 36.6 Å². The Hall–Kier alpha value is -1.13. The van der Waals surface area contributed by atoms with Gasteiger partial charge in [-0.1, -0.05) is 11.6 Å². The summed E-state index contributed by atoms with van der Waals surface area (Å²) < 4.78 is 4.82. The van der Waals surface area contributed by atoms with E-state index < -0.39 is 0 Å². The Morgan fingerprint density at radius 2 is 2.00 bits per heavy atom. The molecular weight excluding hydrogens is 306 g/mol. The van der Waals surface area contributed by atoms with Gasteiger partial charge in [-0.15, -0.1) is 11.3 Å². The zero-order valence-corrected chi connectivity index (χ0v) is 15.9. The van der Waals surface area contributed by atoms with E-state index in [0.29, 0.717) is 0 Å². The average molecular weight is 336 g/mol. The lowest BCUT2D eigenvalue weighted by Crippen LogP contribution is -2.44. The van der Waals surface area contributed by atoms with Gasteiger partial charge >= 0.3 is 5.97 Å². The molecule has 0 amide bonds. The van der Waals surface area contributed by atoms with Crippen LogP contribution in [0.4, 0.5) is 0 Å². The first-order chi connectivity index (χ1) is 10.8. The molecule has 0 atom stereocenters. The SMILES string of the molecule is COC(=O)c1csc(CCC=C2CCN(C(C)(C)C)CC2)c1C. The summed E-state index contributed by atoms with van der Waals surface area (Å²) >= 11 is 1.67. The van der Waals surface area contributed by atoms with Crippen LogP contribution >= 0.6 is 11.3 Å². The summed E-state index contributed by atoms with van der Waals surface area (Å²) in [7, 11) is 1.44. The first kappa shape index (κ1) is 18.2. The van der Waals surface area contributed by atoms with E-state index in [1.807, 2.05) is 12.3 Å². The maximum Gasteiger partial charge on any atom is 0.338 e. The van der Waals surface area contributed by atoms with Gasteiger partial charge in [0, 0.05) is 28.9 Å². The van der Waals surface area contributed by atoms with Crippen molar-refractivity contribution in [3.8, 4) is 0 Å². The fraction of sp³-hybridized carbons (Fsp3) is 0.632. The first-order valence-electron chi connectivity index (χ1n) is 8.41. The van der Waals surface area contributed by atoms with Gasteiger partial charge in [-0.05, 0) is 58.9 Å². The third kappa shape index (κ3) is 4.67. The van der Waals surface area contributed by atoms with E-state index in [0.717, 1.165) is 24.0 Å². The number of nitrogens with zero attached hydrogens (tertiary/aromatic N) is 1. The summed E-state index contributed by atoms with van der Waals surface area (Å²) in [5.41, 5.74) is 3.68. The number of aryl methyl sites for hydroxylation is 1. The van der Waals surface area contributed by atoms with Crippen LogP contribution in [0.5, 0.6) is 0 Å². The number of rotatable bonds is 4. The number of allylic oxidation sites excluding steroid dienone is 1. The van der Waals surface area contributed by atoms with E-state index in [1.54, 1.807) is 16.9 Å². The minimum absolute atomic E-state index is 0.224. The van der Waals surface area contributed by atoms with Crippen molar-refractivity contribution in [2.24, 2.45) is 0 Å². The smallest absolute Gasteiger partial charge is 0.338 e. The molecule has 2 heterocycles. The van der Waals surface area contributed by atoms with Crippen LogP contribution in [0.25, 0.3) is 0 Å². The second-order valence-electron chi connectivity index (χ2n) is 7.25. The third-order valence-electron chi connectivity index (χ3n) is 4.71. The monoisotopic (exact) mass is 335 g/mol. The highest BCUT2D eigenvalue weighted by Gasteiger charge is 2.24. The molecule has 3 nitrogen and oxygen atoms in total. The summed E-state index contributed by atoms with van der Waals surface area (Å²) in [6, 6.07) is 0. The van der Waals surface area contributed by atoms with Gasteiger partial charge in [-0.2, -0.15) is 0 Å². The highest BCUT2D eigenvalue weighted by Crippen LogP contribution is 2.26. The van der Waals surface area contributed by atoms with Crippen LogP contribution in [0.15, 0.2) is 17.0 Å². The number of carbonyl (C=O) groups excluding carboxylic acids is 1. The highest BCUT2D eigenvalue weighted by molar-refractivity contribution is 7.10. The van der Waals surface area contributed by atoms with Crippen molar-refractivity contribution in [1.82, 2.24) is 4.90 Å². The van der Waals surface area contributed by atoms with Crippen molar-refractivity contribution in [2.45, 2.75) is 58.9 Å². The Morgan fingerprint density at radius 3 is 2.57 bits per heavy atom. The molecule has 0 saturated carbocycles. The second-order valence-corrected chi connectivity index (χ2v) is 8.21. The van der Waals surface area contributed by atoms with Crippen LogP contribution in [0.3, 0.4) is 0 Å². The molecule has 0 unspecified atom stereocenters. The highest BCUT2D eigenvalue weighted by atomic mass is 32.1. The van der Waals surface area contributed by atoms with Gasteiger partial charge in [0.1, 0.15) is 0 Å². The van der Waals surface area contributed by atoms with Gasteiger partial charge in [0.25, 0.3) is 0 Å². The van der Waals surface area contributed by atoms with E-state index in [-0.39, 0.29) is 11.5 Å². The first-order valence-corrected chi connectivity index (χ1v) is 9.29. The van der Waals surface area contributed by atoms with Crippen LogP contribution in [0.1, 0.15) is 60.8 Å². The molecule has 1 aliphatic heterocycles. The molecule has 1 aliphatic rings. The standard InChI is InChI=1S/C19H29NO2S/c1-14-16(18(21)22-5)13-23-17(14)8-6-7-15-9-11-20(12-10-15)19(2,3)4/h7,13H,6,8-12H2,1-5H3. The van der Waals surface area contributed by atoms with Crippen molar-refractivity contribution in [3.63, 3.8) is 0 Å². The predicted molar refractivity (Wildman–Crippen MR) is 97.4 cm³/mol. The maximum atomic E-state index is 11.6. The largest absolute Gasteiger partial charge is 0.465 e. The molecule has 0 N–H and O–H groups in total. The Kier molecular flexibility index (Phi) is 6.04. The van der Waals surface area contributed by atoms with Crippen LogP contribution in [0, 0.1) is 6.92 Å². The number of hydrogen-bond acceptors (Lipinski definition) is 4. The molecule has 2 rings (SSSR count). The molecule has 1 aromatic heterocycles. The van der Waals surface area contributed by atoms with Crippen molar-refractivity contribution < 1.29 is 9.53 Å². The number of esters is 1. The Balaban J connectivity index is 1.86. The predicted octanol–water partition coefficient (Wildman–Crippen LogP) is 4.60. The van der Waals surface area contributed by atoms with Crippen molar-refractivity contribution in [2.75, 3.05) is 20.2 Å². The van der Waals surface area contributed by atoms with Crippen LogP contribution < -0.4 is 0 Å². The number of likely N-dealkylation sites (tertiary alicyclic amines) is 1. The summed E-state index contributed by atoms with van der Waals surface area (Å²) in [6.45, 7) is 11.2. The molecule has 0 radical (unpaired) electrons. The number of piperidine rings is 1. The molecule has 0 bridgehead atoms. The molecular formula is C19H29NO2S. The van der Waals surface area contributed by atoms with Crippen molar-refractivity contribution >= 4 is 17.3 Å². The Morgan fingerprint density at radius 1 is 1.35 bits per heavy atom. The quantitative estimate of drug-likeness (QED) is 0.595. The molecule has 128 valence electrons. The number of hydrogen-bond donors (Lipinski definition) is 0. The zero-order valence-electron chi connectivity index (χ0n) is 15.1. The lowest BCUT2D eigenvalue weighted by Gasteiger charge is -2.39. The summed E-state index contributed by atoms with van der Waals surface area (Å²) in [4.78, 5) is 15.5. The lowest BCUT2D eigenvalue weighted by atomic mass is 9.96. The second kappa shape index (κ2) is 7.63. The molecule has 23 heavy (non-hydrogen) atoms. The van der Waals surface area contributed by atoms with Crippen LogP contribution in [0.2, 0.25) is 0 Å². The summed E-state index contributed by atoms with van der Waals surface area (Å²) in [5, 5.41) is 1.92. The topological polar surface area (TPSA) is 29.5 Å². The van der Waals surface area contributed by atoms with Crippen molar-refractivity contribution in [3.05, 3.63) is 33.0 Å². The van der Waals surface area contributed by atoms with Gasteiger partial charge in [0.15, 0.2) is 0 Å². The molecule has 0 spiro atoms. The van der Waals surface area contributed by atoms with E-state index in [4.69, 9.17) is 4.74 Å². The fourth-order valence-corrected chi connectivity index (χ4v) is 4.15. The normalized spacial score (nSPS) is 16.5. The molecule has 4 heteroatoms. The van der Waals surface area contributed by atoms with Gasteiger partial charge in [0.2, 0.25) is 0 Å². The Labute approximate surface area is 144 Å². The fourth-order valence-electron chi connectivity index (χ4n) is 3.09. The third-order valence-corrected chi connectivity index (χ3v) is 5.85. The molecule has 0 aromatic carbocycles. The van der Waals surface area contributed by atoms with E-state index in [1.165, 1.54) is 37.9 Å². The number of ether oxygens (including phenoxy) is 1. The number of carbonyl (C=O) groups is 1. The number of thiophene rings is 1. The van der Waals surface area contributed by atoms with E-state index in [9.17, 15) is 4.79 Å². The molecule has 1 fully saturated rings. The zero-order chi connectivity index (χ0) is 17.0. The van der Waals surface area contributed by atoms with Gasteiger partial charge < -0.3 is 4.74 Å². The van der Waals surface area contributed by atoms with Gasteiger partial charge in [-0.3, -0.25) is 4.90 Å². The summed E-state index contributed by atoms with van der Waals surface area (Å²) in [5.74, 6) is -0.224. The van der Waals surface area contributed by atoms with E-state index >= 15 is 0 Å². The Bertz CT molecular complexity index is 571. The minimum atomic E-state index is -0.224.